The minimum atomic E-state index is -3.86. The zero-order chi connectivity index (χ0) is 15.8. The molecule has 0 unspecified atom stereocenters. The fraction of sp³-hybridized carbons (Fsp3) is 0.538. The van der Waals surface area contributed by atoms with Crippen molar-refractivity contribution in [3.63, 3.8) is 0 Å². The molecule has 0 radical (unpaired) electrons. The number of sulfonamides is 1. The summed E-state index contributed by atoms with van der Waals surface area (Å²) in [5.74, 6) is -0.804. The molecule has 116 valence electrons. The summed E-state index contributed by atoms with van der Waals surface area (Å²) in [5, 5.41) is 10.5. The Morgan fingerprint density at radius 1 is 1.43 bits per heavy atom. The molecule has 21 heavy (non-hydrogen) atoms. The van der Waals surface area contributed by atoms with E-state index >= 15 is 0 Å². The highest BCUT2D eigenvalue weighted by molar-refractivity contribution is 7.89. The fourth-order valence-corrected chi connectivity index (χ4v) is 3.39. The highest BCUT2D eigenvalue weighted by atomic mass is 32.2. The summed E-state index contributed by atoms with van der Waals surface area (Å²) in [6.45, 7) is 4.37. The standard InChI is InChI=1S/C13H17FN2O4S/c1-9(2)13(5-6-13)8-15-21(19,20)10-3-4-12(16(17)18)11(14)7-10/h3-4,7,9,15H,5-6,8H2,1-2H3. The molecule has 1 aliphatic rings. The highest BCUT2D eigenvalue weighted by Gasteiger charge is 2.45. The zero-order valence-corrected chi connectivity index (χ0v) is 12.6. The van der Waals surface area contributed by atoms with Gasteiger partial charge in [-0.2, -0.15) is 4.39 Å². The van der Waals surface area contributed by atoms with Crippen LogP contribution in [0.15, 0.2) is 23.1 Å². The molecule has 1 aliphatic carbocycles. The molecular weight excluding hydrogens is 299 g/mol. The highest BCUT2D eigenvalue weighted by Crippen LogP contribution is 2.51. The lowest BCUT2D eigenvalue weighted by Crippen LogP contribution is -2.32. The molecular formula is C13H17FN2O4S. The van der Waals surface area contributed by atoms with Crippen LogP contribution in [0, 0.1) is 27.3 Å². The molecule has 0 heterocycles. The number of hydrogen-bond acceptors (Lipinski definition) is 4. The number of benzene rings is 1. The molecule has 0 aromatic heterocycles. The molecule has 0 atom stereocenters. The quantitative estimate of drug-likeness (QED) is 0.645. The van der Waals surface area contributed by atoms with Gasteiger partial charge in [0, 0.05) is 18.7 Å². The predicted octanol–water partition coefficient (Wildman–Crippen LogP) is 2.45. The third-order valence-corrected chi connectivity index (χ3v) is 5.56. The minimum Gasteiger partial charge on any atom is -0.258 e. The van der Waals surface area contributed by atoms with Gasteiger partial charge in [-0.1, -0.05) is 13.8 Å². The first-order valence-corrected chi connectivity index (χ1v) is 8.10. The van der Waals surface area contributed by atoms with Crippen LogP contribution < -0.4 is 4.72 Å². The van der Waals surface area contributed by atoms with Crippen LogP contribution in [0.1, 0.15) is 26.7 Å². The van der Waals surface area contributed by atoms with Crippen molar-refractivity contribution >= 4 is 15.7 Å². The van der Waals surface area contributed by atoms with Gasteiger partial charge in [-0.25, -0.2) is 13.1 Å². The molecule has 0 spiro atoms. The van der Waals surface area contributed by atoms with Gasteiger partial charge in [-0.3, -0.25) is 10.1 Å². The SMILES string of the molecule is CC(C)C1(CNS(=O)(=O)c2ccc([N+](=O)[O-])c(F)c2)CC1. The molecule has 0 amide bonds. The van der Waals surface area contributed by atoms with E-state index in [0.717, 1.165) is 25.0 Å². The normalized spacial score (nSPS) is 17.0. The van der Waals surface area contributed by atoms with E-state index in [-0.39, 0.29) is 10.3 Å². The lowest BCUT2D eigenvalue weighted by atomic mass is 9.93. The summed E-state index contributed by atoms with van der Waals surface area (Å²) in [4.78, 5) is 9.33. The summed E-state index contributed by atoms with van der Waals surface area (Å²) in [5.41, 5.74) is -0.762. The van der Waals surface area contributed by atoms with Crippen LogP contribution in [0.4, 0.5) is 10.1 Å². The second-order valence-corrected chi connectivity index (χ2v) is 7.48. The van der Waals surface area contributed by atoms with Crippen LogP contribution in [-0.4, -0.2) is 19.9 Å². The van der Waals surface area contributed by atoms with E-state index in [0.29, 0.717) is 18.5 Å². The first kappa shape index (κ1) is 15.8. The van der Waals surface area contributed by atoms with Crippen LogP contribution in [0.2, 0.25) is 0 Å². The monoisotopic (exact) mass is 316 g/mol. The molecule has 8 heteroatoms. The predicted molar refractivity (Wildman–Crippen MR) is 74.7 cm³/mol. The maximum atomic E-state index is 13.5. The maximum Gasteiger partial charge on any atom is 0.304 e. The third kappa shape index (κ3) is 3.21. The Morgan fingerprint density at radius 2 is 2.05 bits per heavy atom. The van der Waals surface area contributed by atoms with E-state index in [1.54, 1.807) is 0 Å². The lowest BCUT2D eigenvalue weighted by Gasteiger charge is -2.20. The number of nitro benzene ring substituents is 1. The van der Waals surface area contributed by atoms with E-state index in [1.807, 2.05) is 13.8 Å². The van der Waals surface area contributed by atoms with Gasteiger partial charge in [0.05, 0.1) is 9.82 Å². The third-order valence-electron chi connectivity index (χ3n) is 4.16. The molecule has 1 N–H and O–H groups in total. The Balaban J connectivity index is 2.17. The molecule has 1 fully saturated rings. The van der Waals surface area contributed by atoms with Crippen molar-refractivity contribution in [3.05, 3.63) is 34.1 Å². The largest absolute Gasteiger partial charge is 0.304 e. The second kappa shape index (κ2) is 5.34. The van der Waals surface area contributed by atoms with E-state index in [1.165, 1.54) is 0 Å². The van der Waals surface area contributed by atoms with E-state index in [4.69, 9.17) is 0 Å². The Morgan fingerprint density at radius 3 is 2.48 bits per heavy atom. The van der Waals surface area contributed by atoms with Crippen LogP contribution in [-0.2, 0) is 10.0 Å². The van der Waals surface area contributed by atoms with Gasteiger partial charge >= 0.3 is 5.69 Å². The number of halogens is 1. The summed E-state index contributed by atoms with van der Waals surface area (Å²) in [6, 6.07) is 2.58. The average Bonchev–Trinajstić information content (AvgIpc) is 3.17. The number of rotatable bonds is 6. The molecule has 0 aliphatic heterocycles. The average molecular weight is 316 g/mol. The van der Waals surface area contributed by atoms with Crippen LogP contribution >= 0.6 is 0 Å². The Labute approximate surface area is 122 Å². The van der Waals surface area contributed by atoms with Gasteiger partial charge in [0.1, 0.15) is 0 Å². The van der Waals surface area contributed by atoms with E-state index in [9.17, 15) is 22.9 Å². The first-order valence-electron chi connectivity index (χ1n) is 6.61. The minimum absolute atomic E-state index is 0.0214. The first-order chi connectivity index (χ1) is 9.68. The van der Waals surface area contributed by atoms with Crippen molar-refractivity contribution in [2.24, 2.45) is 11.3 Å². The van der Waals surface area contributed by atoms with Gasteiger partial charge in [0.15, 0.2) is 0 Å². The van der Waals surface area contributed by atoms with Crippen molar-refractivity contribution in [1.29, 1.82) is 0 Å². The number of nitrogens with one attached hydrogen (secondary N) is 1. The topological polar surface area (TPSA) is 89.3 Å². The van der Waals surface area contributed by atoms with Crippen LogP contribution in [0.5, 0.6) is 0 Å². The molecule has 1 aromatic rings. The molecule has 2 rings (SSSR count). The molecule has 1 saturated carbocycles. The smallest absolute Gasteiger partial charge is 0.258 e. The van der Waals surface area contributed by atoms with Crippen molar-refractivity contribution in [3.8, 4) is 0 Å². The molecule has 1 aromatic carbocycles. The zero-order valence-electron chi connectivity index (χ0n) is 11.8. The number of nitro groups is 1. The summed E-state index contributed by atoms with van der Waals surface area (Å²) < 4.78 is 40.2. The summed E-state index contributed by atoms with van der Waals surface area (Å²) >= 11 is 0. The molecule has 6 nitrogen and oxygen atoms in total. The maximum absolute atomic E-state index is 13.5. The van der Waals surface area contributed by atoms with Crippen molar-refractivity contribution in [2.45, 2.75) is 31.6 Å². The molecule has 0 bridgehead atoms. The van der Waals surface area contributed by atoms with Gasteiger partial charge in [-0.05, 0) is 30.2 Å². The Hall–Kier alpha value is -1.54. The lowest BCUT2D eigenvalue weighted by molar-refractivity contribution is -0.387. The van der Waals surface area contributed by atoms with Gasteiger partial charge in [0.2, 0.25) is 15.8 Å². The summed E-state index contributed by atoms with van der Waals surface area (Å²) in [7, 11) is -3.86. The Bertz CT molecular complexity index is 669. The summed E-state index contributed by atoms with van der Waals surface area (Å²) in [6.07, 6.45) is 1.92. The van der Waals surface area contributed by atoms with E-state index in [2.05, 4.69) is 4.72 Å². The van der Waals surface area contributed by atoms with Gasteiger partial charge < -0.3 is 0 Å². The second-order valence-electron chi connectivity index (χ2n) is 5.71. The van der Waals surface area contributed by atoms with Crippen LogP contribution in [0.3, 0.4) is 0 Å². The number of nitrogens with zero attached hydrogens (tertiary/aromatic N) is 1. The Kier molecular flexibility index (Phi) is 4.03. The van der Waals surface area contributed by atoms with Gasteiger partial charge in [0.25, 0.3) is 0 Å². The van der Waals surface area contributed by atoms with E-state index < -0.39 is 26.5 Å². The van der Waals surface area contributed by atoms with Crippen molar-refractivity contribution in [1.82, 2.24) is 4.72 Å². The number of hydrogen-bond donors (Lipinski definition) is 1. The van der Waals surface area contributed by atoms with Gasteiger partial charge in [-0.15, -0.1) is 0 Å². The van der Waals surface area contributed by atoms with Crippen LogP contribution in [0.25, 0.3) is 0 Å². The molecule has 0 saturated heterocycles. The fourth-order valence-electron chi connectivity index (χ4n) is 2.24. The van der Waals surface area contributed by atoms with Crippen molar-refractivity contribution in [2.75, 3.05) is 6.54 Å². The van der Waals surface area contributed by atoms with Crippen molar-refractivity contribution < 1.29 is 17.7 Å².